The molecule has 6 heteroatoms. The Balaban J connectivity index is 1.07. The second-order valence-corrected chi connectivity index (χ2v) is 15.5. The van der Waals surface area contributed by atoms with Crippen LogP contribution in [0, 0.1) is 11.3 Å². The quantitative estimate of drug-likeness (QED) is 0.168. The standard InChI is InChI=1S/C56H34N6/c57-35-42-34-41(56-59-54(39-17-5-2-6-18-39)58-55(60-56)40-28-26-37(27-29-40)36-14-3-1-4-15-36)30-32-47(42)62-49-23-11-9-21-44(49)45-31-33-51-52(53(45)62)46-22-10-12-24-50(46)61(51)48-25-13-19-38-16-7-8-20-43(38)48/h1-34H. The molecule has 0 unspecified atom stereocenters. The molecule has 0 aliphatic carbocycles. The number of aromatic nitrogens is 5. The van der Waals surface area contributed by atoms with Crippen molar-refractivity contribution in [1.82, 2.24) is 24.1 Å². The number of fused-ring (bicyclic) bond motifs is 8. The summed E-state index contributed by atoms with van der Waals surface area (Å²) >= 11 is 0. The molecule has 0 fully saturated rings. The largest absolute Gasteiger partial charge is 0.309 e. The van der Waals surface area contributed by atoms with Crippen LogP contribution < -0.4 is 0 Å². The first-order valence-electron chi connectivity index (χ1n) is 20.7. The molecule has 12 aromatic rings. The molecule has 0 N–H and O–H groups in total. The van der Waals surface area contributed by atoms with Gasteiger partial charge in [0, 0.05) is 43.6 Å². The molecule has 6 nitrogen and oxygen atoms in total. The maximum atomic E-state index is 11.0. The first kappa shape index (κ1) is 35.3. The molecule has 0 spiro atoms. The van der Waals surface area contributed by atoms with Gasteiger partial charge in [-0.25, -0.2) is 15.0 Å². The number of hydrogen-bond acceptors (Lipinski definition) is 4. The summed E-state index contributed by atoms with van der Waals surface area (Å²) in [5.41, 5.74) is 11.4. The van der Waals surface area contributed by atoms with E-state index in [-0.39, 0.29) is 0 Å². The third kappa shape index (κ3) is 5.61. The molecule has 0 amide bonds. The van der Waals surface area contributed by atoms with E-state index in [9.17, 15) is 5.26 Å². The van der Waals surface area contributed by atoms with Crippen LogP contribution in [-0.2, 0) is 0 Å². The molecule has 0 saturated carbocycles. The molecular formula is C56H34N6. The third-order valence-electron chi connectivity index (χ3n) is 12.0. The number of nitrogens with zero attached hydrogens (tertiary/aromatic N) is 6. The first-order valence-corrected chi connectivity index (χ1v) is 20.7. The summed E-state index contributed by atoms with van der Waals surface area (Å²) in [5, 5.41) is 17.9. The summed E-state index contributed by atoms with van der Waals surface area (Å²) in [6.45, 7) is 0. The molecular weight excluding hydrogens is 757 g/mol. The summed E-state index contributed by atoms with van der Waals surface area (Å²) in [5.74, 6) is 1.61. The van der Waals surface area contributed by atoms with E-state index in [1.54, 1.807) is 0 Å². The smallest absolute Gasteiger partial charge is 0.164 e. The highest BCUT2D eigenvalue weighted by atomic mass is 15.0. The molecule has 3 aromatic heterocycles. The Kier molecular flexibility index (Phi) is 8.12. The van der Waals surface area contributed by atoms with Crippen molar-refractivity contribution in [3.05, 3.63) is 212 Å². The molecule has 0 aliphatic rings. The Morgan fingerprint density at radius 1 is 0.355 bits per heavy atom. The Hall–Kier alpha value is -8.66. The maximum absolute atomic E-state index is 11.0. The van der Waals surface area contributed by atoms with Gasteiger partial charge in [0.05, 0.1) is 39.0 Å². The van der Waals surface area contributed by atoms with Crippen LogP contribution in [0.2, 0.25) is 0 Å². The van der Waals surface area contributed by atoms with Gasteiger partial charge in [-0.2, -0.15) is 5.26 Å². The van der Waals surface area contributed by atoms with Crippen molar-refractivity contribution < 1.29 is 0 Å². The van der Waals surface area contributed by atoms with E-state index in [0.29, 0.717) is 23.0 Å². The van der Waals surface area contributed by atoms with E-state index in [1.165, 1.54) is 10.8 Å². The van der Waals surface area contributed by atoms with Gasteiger partial charge in [0.25, 0.3) is 0 Å². The van der Waals surface area contributed by atoms with Crippen molar-refractivity contribution in [2.75, 3.05) is 0 Å². The van der Waals surface area contributed by atoms with E-state index < -0.39 is 0 Å². The molecule has 0 saturated heterocycles. The van der Waals surface area contributed by atoms with Crippen LogP contribution >= 0.6 is 0 Å². The Labute approximate surface area is 356 Å². The molecule has 12 rings (SSSR count). The second-order valence-electron chi connectivity index (χ2n) is 15.5. The molecule has 9 aromatic carbocycles. The van der Waals surface area contributed by atoms with E-state index >= 15 is 0 Å². The van der Waals surface area contributed by atoms with E-state index in [0.717, 1.165) is 82.8 Å². The molecule has 0 atom stereocenters. The van der Waals surface area contributed by atoms with Gasteiger partial charge in [0.1, 0.15) is 6.07 Å². The lowest BCUT2D eigenvalue weighted by Crippen LogP contribution is -2.02. The summed E-state index contributed by atoms with van der Waals surface area (Å²) in [6, 6.07) is 73.8. The molecule has 62 heavy (non-hydrogen) atoms. The number of rotatable bonds is 6. The highest BCUT2D eigenvalue weighted by molar-refractivity contribution is 6.26. The monoisotopic (exact) mass is 790 g/mol. The number of hydrogen-bond donors (Lipinski definition) is 0. The average Bonchev–Trinajstić information content (AvgIpc) is 3.87. The number of benzene rings is 9. The van der Waals surface area contributed by atoms with Gasteiger partial charge in [0.15, 0.2) is 17.5 Å². The molecule has 0 aliphatic heterocycles. The zero-order valence-corrected chi connectivity index (χ0v) is 33.3. The van der Waals surface area contributed by atoms with Gasteiger partial charge in [-0.05, 0) is 59.0 Å². The van der Waals surface area contributed by atoms with Gasteiger partial charge in [0.2, 0.25) is 0 Å². The zero-order chi connectivity index (χ0) is 41.1. The van der Waals surface area contributed by atoms with Crippen LogP contribution in [0.5, 0.6) is 0 Å². The van der Waals surface area contributed by atoms with E-state index in [4.69, 9.17) is 15.0 Å². The highest BCUT2D eigenvalue weighted by Gasteiger charge is 2.23. The van der Waals surface area contributed by atoms with Crippen molar-refractivity contribution in [2.24, 2.45) is 0 Å². The van der Waals surface area contributed by atoms with Crippen LogP contribution in [0.15, 0.2) is 206 Å². The predicted octanol–water partition coefficient (Wildman–Crippen LogP) is 13.8. The molecule has 288 valence electrons. The summed E-state index contributed by atoms with van der Waals surface area (Å²) in [4.78, 5) is 15.0. The summed E-state index contributed by atoms with van der Waals surface area (Å²) in [6.07, 6.45) is 0. The molecule has 0 bridgehead atoms. The maximum Gasteiger partial charge on any atom is 0.164 e. The lowest BCUT2D eigenvalue weighted by Gasteiger charge is -2.14. The molecule has 3 heterocycles. The van der Waals surface area contributed by atoms with Gasteiger partial charge in [-0.1, -0.05) is 164 Å². The van der Waals surface area contributed by atoms with Crippen molar-refractivity contribution in [3.63, 3.8) is 0 Å². The van der Waals surface area contributed by atoms with Crippen molar-refractivity contribution >= 4 is 54.4 Å². The van der Waals surface area contributed by atoms with Crippen molar-refractivity contribution in [1.29, 1.82) is 5.26 Å². The minimum atomic E-state index is 0.492. The Morgan fingerprint density at radius 3 is 1.61 bits per heavy atom. The Bertz CT molecular complexity index is 3740. The lowest BCUT2D eigenvalue weighted by molar-refractivity contribution is 1.07. The van der Waals surface area contributed by atoms with Gasteiger partial charge in [-0.15, -0.1) is 0 Å². The van der Waals surface area contributed by atoms with Crippen LogP contribution in [0.1, 0.15) is 5.56 Å². The predicted molar refractivity (Wildman–Crippen MR) is 252 cm³/mol. The minimum Gasteiger partial charge on any atom is -0.309 e. The summed E-state index contributed by atoms with van der Waals surface area (Å²) < 4.78 is 4.67. The normalized spacial score (nSPS) is 11.5. The van der Waals surface area contributed by atoms with Crippen LogP contribution in [0.4, 0.5) is 0 Å². The molecule has 0 radical (unpaired) electrons. The zero-order valence-electron chi connectivity index (χ0n) is 33.3. The van der Waals surface area contributed by atoms with Crippen LogP contribution in [0.25, 0.3) is 111 Å². The fraction of sp³-hybridized carbons (Fsp3) is 0. The SMILES string of the molecule is N#Cc1cc(-c2nc(-c3ccccc3)nc(-c3ccc(-c4ccccc4)cc3)n2)ccc1-n1c2ccccc2c2ccc3c(c4ccccc4n3-c3cccc4ccccc34)c21. The Morgan fingerprint density at radius 2 is 0.887 bits per heavy atom. The van der Waals surface area contributed by atoms with Gasteiger partial charge >= 0.3 is 0 Å². The van der Waals surface area contributed by atoms with Gasteiger partial charge < -0.3 is 9.13 Å². The average molecular weight is 791 g/mol. The van der Waals surface area contributed by atoms with E-state index in [2.05, 4.69) is 155 Å². The second kappa shape index (κ2) is 14.3. The fourth-order valence-electron chi connectivity index (χ4n) is 9.17. The number of nitriles is 1. The highest BCUT2D eigenvalue weighted by Crippen LogP contribution is 2.43. The number of para-hydroxylation sites is 2. The fourth-order valence-corrected chi connectivity index (χ4v) is 9.17. The lowest BCUT2D eigenvalue weighted by atomic mass is 10.0. The topological polar surface area (TPSA) is 72.3 Å². The van der Waals surface area contributed by atoms with Crippen LogP contribution in [-0.4, -0.2) is 24.1 Å². The van der Waals surface area contributed by atoms with Crippen molar-refractivity contribution in [3.8, 4) is 62.7 Å². The minimum absolute atomic E-state index is 0.492. The van der Waals surface area contributed by atoms with E-state index in [1.807, 2.05) is 66.7 Å². The van der Waals surface area contributed by atoms with Gasteiger partial charge in [-0.3, -0.25) is 0 Å². The van der Waals surface area contributed by atoms with Crippen molar-refractivity contribution in [2.45, 2.75) is 0 Å². The first-order chi connectivity index (χ1) is 30.7. The van der Waals surface area contributed by atoms with Crippen LogP contribution in [0.3, 0.4) is 0 Å². The summed E-state index contributed by atoms with van der Waals surface area (Å²) in [7, 11) is 0. The third-order valence-corrected chi connectivity index (χ3v) is 12.0.